The van der Waals surface area contributed by atoms with Gasteiger partial charge in [-0.3, -0.25) is 4.68 Å². The van der Waals surface area contributed by atoms with Gasteiger partial charge in [0.25, 0.3) is 0 Å². The highest BCUT2D eigenvalue weighted by atomic mass is 32.1. The normalized spacial score (nSPS) is 10.2. The van der Waals surface area contributed by atoms with Crippen molar-refractivity contribution in [2.75, 3.05) is 19.5 Å². The molecule has 2 aromatic rings. The molecule has 2 N–H and O–H groups in total. The second-order valence-electron chi connectivity index (χ2n) is 4.79. The van der Waals surface area contributed by atoms with E-state index in [0.717, 1.165) is 22.7 Å². The summed E-state index contributed by atoms with van der Waals surface area (Å²) >= 11 is 5.33. The topological polar surface area (TPSA) is 60.3 Å². The smallest absolute Gasteiger partial charge is 0.171 e. The van der Waals surface area contributed by atoms with Crippen LogP contribution in [-0.2, 0) is 13.6 Å². The third-order valence-corrected chi connectivity index (χ3v) is 3.46. The maximum Gasteiger partial charge on any atom is 0.171 e. The highest BCUT2D eigenvalue weighted by molar-refractivity contribution is 7.80. The number of nitrogens with zero attached hydrogens (tertiary/aromatic N) is 2. The predicted molar refractivity (Wildman–Crippen MR) is 90.6 cm³/mol. The first-order valence-corrected chi connectivity index (χ1v) is 7.20. The third-order valence-electron chi connectivity index (χ3n) is 3.21. The van der Waals surface area contributed by atoms with Crippen LogP contribution in [0, 0.1) is 6.92 Å². The van der Waals surface area contributed by atoms with Crippen molar-refractivity contribution in [1.82, 2.24) is 15.1 Å². The lowest BCUT2D eigenvalue weighted by atomic mass is 10.2. The van der Waals surface area contributed by atoms with E-state index in [2.05, 4.69) is 15.7 Å². The van der Waals surface area contributed by atoms with Crippen LogP contribution in [0.3, 0.4) is 0 Å². The minimum atomic E-state index is 0.509. The fourth-order valence-electron chi connectivity index (χ4n) is 2.08. The summed E-state index contributed by atoms with van der Waals surface area (Å²) in [5.41, 5.74) is 2.84. The molecule has 1 heterocycles. The SMILES string of the molecule is COc1ccc(OC)c(NC(=S)NCc2cn(C)nc2C)c1. The molecule has 0 fully saturated rings. The summed E-state index contributed by atoms with van der Waals surface area (Å²) < 4.78 is 12.3. The maximum absolute atomic E-state index is 5.33. The highest BCUT2D eigenvalue weighted by Gasteiger charge is 2.08. The maximum atomic E-state index is 5.33. The van der Waals surface area contributed by atoms with Gasteiger partial charge in [0.1, 0.15) is 11.5 Å². The van der Waals surface area contributed by atoms with Gasteiger partial charge in [-0.1, -0.05) is 0 Å². The van der Waals surface area contributed by atoms with Crippen LogP contribution in [0.4, 0.5) is 5.69 Å². The Labute approximate surface area is 135 Å². The lowest BCUT2D eigenvalue weighted by Gasteiger charge is -2.14. The number of aromatic nitrogens is 2. The molecule has 0 spiro atoms. The Kier molecular flexibility index (Phi) is 5.21. The van der Waals surface area contributed by atoms with Crippen LogP contribution in [0.2, 0.25) is 0 Å². The summed E-state index contributed by atoms with van der Waals surface area (Å²) in [6.07, 6.45) is 1.97. The highest BCUT2D eigenvalue weighted by Crippen LogP contribution is 2.28. The first-order valence-electron chi connectivity index (χ1n) is 6.79. The molecule has 0 aliphatic heterocycles. The Balaban J connectivity index is 2.01. The van der Waals surface area contributed by atoms with Gasteiger partial charge in [0, 0.05) is 31.4 Å². The van der Waals surface area contributed by atoms with Crippen LogP contribution < -0.4 is 20.1 Å². The van der Waals surface area contributed by atoms with Crippen molar-refractivity contribution in [3.8, 4) is 11.5 Å². The van der Waals surface area contributed by atoms with E-state index in [-0.39, 0.29) is 0 Å². The molecular weight excluding hydrogens is 300 g/mol. The molecule has 22 heavy (non-hydrogen) atoms. The molecular formula is C15H20N4O2S. The number of methoxy groups -OCH3 is 2. The predicted octanol–water partition coefficient (Wildman–Crippen LogP) is 2.23. The third kappa shape index (κ3) is 3.88. The average Bonchev–Trinajstić information content (AvgIpc) is 2.83. The van der Waals surface area contributed by atoms with Gasteiger partial charge in [-0.25, -0.2) is 0 Å². The number of rotatable bonds is 5. The van der Waals surface area contributed by atoms with Crippen LogP contribution >= 0.6 is 12.2 Å². The molecule has 1 aromatic heterocycles. The summed E-state index contributed by atoms with van der Waals surface area (Å²) in [5, 5.41) is 11.1. The zero-order valence-corrected chi connectivity index (χ0v) is 14.0. The van der Waals surface area contributed by atoms with Gasteiger partial charge >= 0.3 is 0 Å². The number of nitrogens with one attached hydrogen (secondary N) is 2. The number of hydrogen-bond donors (Lipinski definition) is 2. The first kappa shape index (κ1) is 16.1. The monoisotopic (exact) mass is 320 g/mol. The van der Waals surface area contributed by atoms with E-state index in [1.54, 1.807) is 18.9 Å². The van der Waals surface area contributed by atoms with E-state index < -0.39 is 0 Å². The van der Waals surface area contributed by atoms with Crippen molar-refractivity contribution in [3.05, 3.63) is 35.7 Å². The molecule has 0 radical (unpaired) electrons. The van der Waals surface area contributed by atoms with Crippen molar-refractivity contribution in [1.29, 1.82) is 0 Å². The van der Waals surface area contributed by atoms with Crippen molar-refractivity contribution >= 4 is 23.0 Å². The van der Waals surface area contributed by atoms with Gasteiger partial charge < -0.3 is 20.1 Å². The quantitative estimate of drug-likeness (QED) is 0.824. The van der Waals surface area contributed by atoms with Gasteiger partial charge in [-0.05, 0) is 31.3 Å². The van der Waals surface area contributed by atoms with Crippen LogP contribution in [-0.4, -0.2) is 29.1 Å². The summed E-state index contributed by atoms with van der Waals surface area (Å²) in [4.78, 5) is 0. The minimum absolute atomic E-state index is 0.509. The molecule has 118 valence electrons. The van der Waals surface area contributed by atoms with E-state index in [1.807, 2.05) is 38.4 Å². The largest absolute Gasteiger partial charge is 0.497 e. The molecule has 0 aliphatic carbocycles. The number of benzene rings is 1. The summed E-state index contributed by atoms with van der Waals surface area (Å²) in [6, 6.07) is 5.50. The fourth-order valence-corrected chi connectivity index (χ4v) is 2.26. The number of anilines is 1. The van der Waals surface area contributed by atoms with Gasteiger partial charge in [0.2, 0.25) is 0 Å². The van der Waals surface area contributed by atoms with Gasteiger partial charge in [-0.2, -0.15) is 5.10 Å². The Morgan fingerprint density at radius 2 is 2.09 bits per heavy atom. The summed E-state index contributed by atoms with van der Waals surface area (Å²) in [7, 11) is 5.13. The molecule has 0 saturated carbocycles. The van der Waals surface area contributed by atoms with Crippen molar-refractivity contribution in [2.45, 2.75) is 13.5 Å². The molecule has 7 heteroatoms. The van der Waals surface area contributed by atoms with Crippen molar-refractivity contribution < 1.29 is 9.47 Å². The van der Waals surface area contributed by atoms with Crippen molar-refractivity contribution in [2.24, 2.45) is 7.05 Å². The Hall–Kier alpha value is -2.28. The molecule has 1 aromatic carbocycles. The Morgan fingerprint density at radius 3 is 2.68 bits per heavy atom. The first-order chi connectivity index (χ1) is 10.5. The molecule has 6 nitrogen and oxygen atoms in total. The average molecular weight is 320 g/mol. The zero-order chi connectivity index (χ0) is 16.1. The molecule has 0 aliphatic rings. The lowest BCUT2D eigenvalue weighted by Crippen LogP contribution is -2.28. The number of hydrogen-bond acceptors (Lipinski definition) is 4. The minimum Gasteiger partial charge on any atom is -0.497 e. The number of thiocarbonyl (C=S) groups is 1. The Bertz CT molecular complexity index is 670. The fraction of sp³-hybridized carbons (Fsp3) is 0.333. The van der Waals surface area contributed by atoms with E-state index >= 15 is 0 Å². The standard InChI is InChI=1S/C15H20N4O2S/c1-10-11(9-19(2)18-10)8-16-15(22)17-13-7-12(20-3)5-6-14(13)21-4/h5-7,9H,8H2,1-4H3,(H2,16,17,22). The molecule has 0 bridgehead atoms. The van der Waals surface area contributed by atoms with E-state index in [9.17, 15) is 0 Å². The summed E-state index contributed by atoms with van der Waals surface area (Å²) in [6.45, 7) is 2.58. The second kappa shape index (κ2) is 7.13. The molecule has 0 saturated heterocycles. The summed E-state index contributed by atoms with van der Waals surface area (Å²) in [5.74, 6) is 1.43. The van der Waals surface area contributed by atoms with Gasteiger partial charge in [0.05, 0.1) is 25.6 Å². The van der Waals surface area contributed by atoms with Crippen LogP contribution in [0.5, 0.6) is 11.5 Å². The van der Waals surface area contributed by atoms with Gasteiger partial charge in [0.15, 0.2) is 5.11 Å². The van der Waals surface area contributed by atoms with Crippen LogP contribution in [0.25, 0.3) is 0 Å². The Morgan fingerprint density at radius 1 is 1.32 bits per heavy atom. The number of ether oxygens (including phenoxy) is 2. The van der Waals surface area contributed by atoms with Crippen molar-refractivity contribution in [3.63, 3.8) is 0 Å². The van der Waals surface area contributed by atoms with E-state index in [4.69, 9.17) is 21.7 Å². The lowest BCUT2D eigenvalue weighted by molar-refractivity contribution is 0.405. The van der Waals surface area contributed by atoms with Gasteiger partial charge in [-0.15, -0.1) is 0 Å². The number of aryl methyl sites for hydroxylation is 2. The molecule has 2 rings (SSSR count). The second-order valence-corrected chi connectivity index (χ2v) is 5.20. The van der Waals surface area contributed by atoms with Crippen LogP contribution in [0.15, 0.2) is 24.4 Å². The van der Waals surface area contributed by atoms with Crippen LogP contribution in [0.1, 0.15) is 11.3 Å². The molecule has 0 unspecified atom stereocenters. The molecule has 0 atom stereocenters. The zero-order valence-electron chi connectivity index (χ0n) is 13.1. The van der Waals surface area contributed by atoms with E-state index in [0.29, 0.717) is 17.4 Å². The molecule has 0 amide bonds. The van der Waals surface area contributed by atoms with E-state index in [1.165, 1.54) is 0 Å².